The molecule has 1 aromatic carbocycles. The molecule has 4 rings (SSSR count). The zero-order valence-corrected chi connectivity index (χ0v) is 16.7. The molecule has 0 atom stereocenters. The van der Waals surface area contributed by atoms with E-state index < -0.39 is 10.7 Å². The highest BCUT2D eigenvalue weighted by Gasteiger charge is 2.17. The van der Waals surface area contributed by atoms with Gasteiger partial charge < -0.3 is 14.8 Å². The first kappa shape index (κ1) is 21.1. The lowest BCUT2D eigenvalue weighted by Crippen LogP contribution is -2.06. The van der Waals surface area contributed by atoms with Crippen molar-refractivity contribution in [1.82, 2.24) is 15.0 Å². The smallest absolute Gasteiger partial charge is 0.401 e. The van der Waals surface area contributed by atoms with E-state index in [9.17, 15) is 14.5 Å². The lowest BCUT2D eigenvalue weighted by Gasteiger charge is -2.13. The van der Waals surface area contributed by atoms with Crippen molar-refractivity contribution in [2.75, 3.05) is 18.5 Å². The Labute approximate surface area is 181 Å². The summed E-state index contributed by atoms with van der Waals surface area (Å²) in [5.74, 6) is -0.352. The Balaban J connectivity index is 1.80. The van der Waals surface area contributed by atoms with Crippen LogP contribution in [0.15, 0.2) is 53.1 Å². The Morgan fingerprint density at radius 3 is 2.78 bits per heavy atom. The van der Waals surface area contributed by atoms with Crippen LogP contribution in [0.4, 0.5) is 16.0 Å². The summed E-state index contributed by atoms with van der Waals surface area (Å²) in [5, 5.41) is 23.3. The molecule has 162 valence electrons. The van der Waals surface area contributed by atoms with Crippen LogP contribution in [-0.2, 0) is 0 Å². The van der Waals surface area contributed by atoms with Crippen LogP contribution in [0.25, 0.3) is 34.4 Å². The Bertz CT molecular complexity index is 1300. The molecule has 0 radical (unpaired) electrons. The summed E-state index contributed by atoms with van der Waals surface area (Å²) in [7, 11) is 0. The van der Waals surface area contributed by atoms with Gasteiger partial charge in [-0.3, -0.25) is 15.1 Å². The summed E-state index contributed by atoms with van der Waals surface area (Å²) in [4.78, 5) is 23.5. The second-order valence-corrected chi connectivity index (χ2v) is 6.73. The molecule has 9 nitrogen and oxygen atoms in total. The molecule has 0 amide bonds. The molecule has 3 aromatic heterocycles. The van der Waals surface area contributed by atoms with Crippen molar-refractivity contribution >= 4 is 34.6 Å². The predicted octanol–water partition coefficient (Wildman–Crippen LogP) is 4.30. The van der Waals surface area contributed by atoms with Gasteiger partial charge >= 0.3 is 5.88 Å². The van der Waals surface area contributed by atoms with E-state index in [1.54, 1.807) is 30.5 Å². The number of hydrogen-bond donors (Lipinski definition) is 2. The van der Waals surface area contributed by atoms with Crippen molar-refractivity contribution in [2.45, 2.75) is 6.42 Å². The van der Waals surface area contributed by atoms with E-state index in [-0.39, 0.29) is 29.5 Å². The molecule has 0 saturated carbocycles. The van der Waals surface area contributed by atoms with Crippen molar-refractivity contribution in [3.63, 3.8) is 0 Å². The number of aliphatic hydroxyl groups excluding tert-OH is 1. The van der Waals surface area contributed by atoms with Gasteiger partial charge in [0.05, 0.1) is 22.7 Å². The van der Waals surface area contributed by atoms with Crippen molar-refractivity contribution in [3.8, 4) is 11.4 Å². The van der Waals surface area contributed by atoms with Crippen LogP contribution in [0.2, 0.25) is 0 Å². The molecule has 0 spiro atoms. The van der Waals surface area contributed by atoms with E-state index in [1.807, 2.05) is 0 Å². The molecule has 0 bridgehead atoms. The Morgan fingerprint density at radius 1 is 1.12 bits per heavy atom. The number of furan rings is 1. The van der Waals surface area contributed by atoms with E-state index in [2.05, 4.69) is 20.3 Å². The number of nitro groups is 1. The minimum atomic E-state index is -0.628. The molecule has 10 heteroatoms. The highest BCUT2D eigenvalue weighted by molar-refractivity contribution is 5.95. The highest BCUT2D eigenvalue weighted by atomic mass is 19.1. The monoisotopic (exact) mass is 435 g/mol. The molecule has 0 saturated heterocycles. The van der Waals surface area contributed by atoms with Crippen LogP contribution in [0.3, 0.4) is 0 Å². The minimum Gasteiger partial charge on any atom is -0.401 e. The van der Waals surface area contributed by atoms with Crippen molar-refractivity contribution < 1.29 is 18.8 Å². The Hall–Kier alpha value is -4.18. The van der Waals surface area contributed by atoms with Gasteiger partial charge in [0, 0.05) is 19.3 Å². The molecular formula is C22H18FN5O4. The lowest BCUT2D eigenvalue weighted by atomic mass is 10.1. The minimum absolute atomic E-state index is 0.0353. The number of pyridine rings is 1. The van der Waals surface area contributed by atoms with Crippen LogP contribution in [0, 0.1) is 15.9 Å². The van der Waals surface area contributed by atoms with Gasteiger partial charge in [-0.15, -0.1) is 0 Å². The first-order valence-electron chi connectivity index (χ1n) is 9.75. The normalized spacial score (nSPS) is 11.3. The zero-order chi connectivity index (χ0) is 22.5. The van der Waals surface area contributed by atoms with Gasteiger partial charge in [-0.05, 0) is 48.9 Å². The number of benzene rings is 1. The number of aliphatic hydroxyl groups is 1. The molecule has 0 fully saturated rings. The van der Waals surface area contributed by atoms with Gasteiger partial charge in [0.2, 0.25) is 0 Å². The van der Waals surface area contributed by atoms with Crippen LogP contribution >= 0.6 is 0 Å². The van der Waals surface area contributed by atoms with Crippen LogP contribution in [0.1, 0.15) is 18.0 Å². The Morgan fingerprint density at radius 2 is 2.00 bits per heavy atom. The van der Waals surface area contributed by atoms with E-state index in [1.165, 1.54) is 30.4 Å². The third kappa shape index (κ3) is 4.44. The summed E-state index contributed by atoms with van der Waals surface area (Å²) in [6.45, 7) is 0.540. The number of fused-ring (bicyclic) bond motifs is 1. The fourth-order valence-corrected chi connectivity index (χ4v) is 3.13. The number of anilines is 1. The maximum absolute atomic E-state index is 14.8. The molecule has 0 aliphatic carbocycles. The molecule has 4 aromatic rings. The van der Waals surface area contributed by atoms with Gasteiger partial charge in [0.25, 0.3) is 0 Å². The number of halogens is 1. The zero-order valence-electron chi connectivity index (χ0n) is 16.7. The van der Waals surface area contributed by atoms with E-state index in [4.69, 9.17) is 9.52 Å². The molecule has 3 heterocycles. The molecular weight excluding hydrogens is 417 g/mol. The Kier molecular flexibility index (Phi) is 6.13. The second-order valence-electron chi connectivity index (χ2n) is 6.73. The number of nitrogens with one attached hydrogen (secondary N) is 1. The SMILES string of the molecule is O=[N+]([O-])c1ccc(/C=C/c2nc(-c3ncccc3NCCCO)c3c(F)cccc3n2)o1. The third-order valence-electron chi connectivity index (χ3n) is 4.56. The largest absolute Gasteiger partial charge is 0.433 e. The summed E-state index contributed by atoms with van der Waals surface area (Å²) >= 11 is 0. The predicted molar refractivity (Wildman–Crippen MR) is 117 cm³/mol. The van der Waals surface area contributed by atoms with Gasteiger partial charge in [0.1, 0.15) is 27.9 Å². The first-order chi connectivity index (χ1) is 15.6. The van der Waals surface area contributed by atoms with Crippen LogP contribution in [0.5, 0.6) is 0 Å². The van der Waals surface area contributed by atoms with Crippen molar-refractivity contribution in [1.29, 1.82) is 0 Å². The van der Waals surface area contributed by atoms with Gasteiger partial charge in [-0.2, -0.15) is 0 Å². The number of rotatable bonds is 8. The lowest BCUT2D eigenvalue weighted by molar-refractivity contribution is -0.402. The second kappa shape index (κ2) is 9.31. The van der Waals surface area contributed by atoms with Gasteiger partial charge in [-0.25, -0.2) is 14.4 Å². The fraction of sp³-hybridized carbons (Fsp3) is 0.136. The molecule has 32 heavy (non-hydrogen) atoms. The summed E-state index contributed by atoms with van der Waals surface area (Å²) in [6.07, 6.45) is 5.14. The summed E-state index contributed by atoms with van der Waals surface area (Å²) < 4.78 is 19.9. The first-order valence-corrected chi connectivity index (χ1v) is 9.75. The third-order valence-corrected chi connectivity index (χ3v) is 4.56. The maximum Gasteiger partial charge on any atom is 0.433 e. The van der Waals surface area contributed by atoms with Crippen molar-refractivity contribution in [2.24, 2.45) is 0 Å². The molecule has 0 aliphatic rings. The topological polar surface area (TPSA) is 127 Å². The average molecular weight is 435 g/mol. The maximum atomic E-state index is 14.8. The fourth-order valence-electron chi connectivity index (χ4n) is 3.13. The molecule has 0 unspecified atom stereocenters. The van der Waals surface area contributed by atoms with Crippen LogP contribution in [-0.4, -0.2) is 38.1 Å². The number of aromatic nitrogens is 3. The van der Waals surface area contributed by atoms with Crippen molar-refractivity contribution in [3.05, 3.63) is 76.2 Å². The van der Waals surface area contributed by atoms with E-state index in [0.29, 0.717) is 35.6 Å². The highest BCUT2D eigenvalue weighted by Crippen LogP contribution is 2.32. The average Bonchev–Trinajstić information content (AvgIpc) is 3.27. The molecule has 2 N–H and O–H groups in total. The number of hydrogen-bond acceptors (Lipinski definition) is 8. The molecule has 0 aliphatic heterocycles. The van der Waals surface area contributed by atoms with E-state index in [0.717, 1.165) is 0 Å². The van der Waals surface area contributed by atoms with E-state index >= 15 is 0 Å². The van der Waals surface area contributed by atoms with Gasteiger partial charge in [0.15, 0.2) is 5.82 Å². The van der Waals surface area contributed by atoms with Crippen LogP contribution < -0.4 is 5.32 Å². The van der Waals surface area contributed by atoms with Gasteiger partial charge in [-0.1, -0.05) is 6.07 Å². The quantitative estimate of drug-likeness (QED) is 0.238. The summed E-state index contributed by atoms with van der Waals surface area (Å²) in [5.41, 5.74) is 1.75. The summed E-state index contributed by atoms with van der Waals surface area (Å²) in [6, 6.07) is 10.8. The number of nitrogens with zero attached hydrogens (tertiary/aromatic N) is 4. The standard InChI is InChI=1S/C22H18FN5O4/c23-15-4-1-5-16-20(15)22(21-17(6-2-11-25-21)24-12-3-13-29)27-18(26-16)9-7-14-8-10-19(32-14)28(30)31/h1-2,4-11,24,29H,3,12-13H2/b9-7+.